The Balaban J connectivity index is 1.68. The van der Waals surface area contributed by atoms with Gasteiger partial charge < -0.3 is 24.8 Å². The summed E-state index contributed by atoms with van der Waals surface area (Å²) < 4.78 is 10.7. The molecule has 0 radical (unpaired) electrons. The van der Waals surface area contributed by atoms with Gasteiger partial charge in [-0.2, -0.15) is 5.26 Å². The van der Waals surface area contributed by atoms with Crippen molar-refractivity contribution < 1.29 is 29.6 Å². The highest BCUT2D eigenvalue weighted by atomic mass is 16.7. The van der Waals surface area contributed by atoms with Crippen molar-refractivity contribution in [2.24, 2.45) is 0 Å². The molecule has 2 aromatic carbocycles. The molecule has 26 heavy (non-hydrogen) atoms. The standard InChI is InChI=1S/C19H17NO6/c20-9-11-1-3-12(4-2-11)16(22)13-5-7-14(8-6-13)25-19-18(24)17(23)15(10-21)26-19/h1-8,15,17-19,21,23-24H,10H2/t15-,17-,18+,19+/m0/s1. The molecule has 0 aromatic heterocycles. The zero-order valence-corrected chi connectivity index (χ0v) is 13.6. The molecular weight excluding hydrogens is 338 g/mol. The summed E-state index contributed by atoms with van der Waals surface area (Å²) >= 11 is 0. The van der Waals surface area contributed by atoms with Crippen LogP contribution in [-0.4, -0.2) is 52.3 Å². The van der Waals surface area contributed by atoms with Crippen LogP contribution in [0.1, 0.15) is 21.5 Å². The van der Waals surface area contributed by atoms with Crippen LogP contribution in [0.5, 0.6) is 5.75 Å². The maximum atomic E-state index is 12.4. The van der Waals surface area contributed by atoms with Gasteiger partial charge in [-0.3, -0.25) is 4.79 Å². The Kier molecular flexibility index (Phi) is 5.30. The molecule has 0 spiro atoms. The largest absolute Gasteiger partial charge is 0.462 e. The van der Waals surface area contributed by atoms with Crippen LogP contribution in [0.25, 0.3) is 0 Å². The molecule has 134 valence electrons. The Bertz CT molecular complexity index is 811. The molecule has 0 unspecified atom stereocenters. The van der Waals surface area contributed by atoms with Crippen molar-refractivity contribution in [3.05, 3.63) is 65.2 Å². The van der Waals surface area contributed by atoms with E-state index in [0.717, 1.165) is 0 Å². The molecule has 0 bridgehead atoms. The zero-order valence-electron chi connectivity index (χ0n) is 13.6. The van der Waals surface area contributed by atoms with Gasteiger partial charge in [-0.25, -0.2) is 0 Å². The first kappa shape index (κ1) is 18.0. The highest BCUT2D eigenvalue weighted by molar-refractivity contribution is 6.09. The number of hydrogen-bond donors (Lipinski definition) is 3. The first-order chi connectivity index (χ1) is 12.5. The van der Waals surface area contributed by atoms with E-state index in [1.807, 2.05) is 6.07 Å². The van der Waals surface area contributed by atoms with E-state index in [-0.39, 0.29) is 5.78 Å². The lowest BCUT2D eigenvalue weighted by atomic mass is 10.0. The molecule has 3 rings (SSSR count). The average Bonchev–Trinajstić information content (AvgIpc) is 2.96. The topological polar surface area (TPSA) is 120 Å². The fourth-order valence-corrected chi connectivity index (χ4v) is 2.64. The Hall–Kier alpha value is -2.76. The number of aliphatic hydroxyl groups is 3. The van der Waals surface area contributed by atoms with Crippen LogP contribution in [-0.2, 0) is 4.74 Å². The lowest BCUT2D eigenvalue weighted by Crippen LogP contribution is -2.35. The molecule has 1 saturated heterocycles. The predicted molar refractivity (Wildman–Crippen MR) is 89.4 cm³/mol. The molecule has 3 N–H and O–H groups in total. The number of ether oxygens (including phenoxy) is 2. The van der Waals surface area contributed by atoms with Crippen molar-refractivity contribution in [1.29, 1.82) is 5.26 Å². The third-order valence-electron chi connectivity index (χ3n) is 4.14. The highest BCUT2D eigenvalue weighted by Crippen LogP contribution is 2.25. The number of ketones is 1. The van der Waals surface area contributed by atoms with Gasteiger partial charge in [-0.15, -0.1) is 0 Å². The van der Waals surface area contributed by atoms with Crippen molar-refractivity contribution in [3.8, 4) is 11.8 Å². The Morgan fingerprint density at radius 3 is 2.12 bits per heavy atom. The quantitative estimate of drug-likeness (QED) is 0.672. The maximum Gasteiger partial charge on any atom is 0.229 e. The number of carbonyl (C=O) groups is 1. The third kappa shape index (κ3) is 3.59. The number of rotatable bonds is 5. The van der Waals surface area contributed by atoms with Crippen LogP contribution in [0.3, 0.4) is 0 Å². The minimum Gasteiger partial charge on any atom is -0.462 e. The van der Waals surface area contributed by atoms with Crippen LogP contribution in [0, 0.1) is 11.3 Å². The van der Waals surface area contributed by atoms with Gasteiger partial charge in [0.05, 0.1) is 18.2 Å². The number of aliphatic hydroxyl groups excluding tert-OH is 3. The van der Waals surface area contributed by atoms with E-state index >= 15 is 0 Å². The normalized spacial score (nSPS) is 24.8. The van der Waals surface area contributed by atoms with Crippen molar-refractivity contribution >= 4 is 5.78 Å². The van der Waals surface area contributed by atoms with Crippen molar-refractivity contribution in [1.82, 2.24) is 0 Å². The van der Waals surface area contributed by atoms with E-state index < -0.39 is 31.2 Å². The van der Waals surface area contributed by atoms with Gasteiger partial charge in [-0.05, 0) is 48.5 Å². The van der Waals surface area contributed by atoms with Gasteiger partial charge in [0.25, 0.3) is 0 Å². The first-order valence-electron chi connectivity index (χ1n) is 7.97. The predicted octanol–water partition coefficient (Wildman–Crippen LogP) is 0.607. The molecule has 1 aliphatic rings. The van der Waals surface area contributed by atoms with E-state index in [1.165, 1.54) is 0 Å². The molecule has 4 atom stereocenters. The maximum absolute atomic E-state index is 12.4. The van der Waals surface area contributed by atoms with E-state index in [9.17, 15) is 15.0 Å². The Labute approximate surface area is 149 Å². The van der Waals surface area contributed by atoms with Crippen molar-refractivity contribution in [2.45, 2.75) is 24.6 Å². The Morgan fingerprint density at radius 1 is 1.04 bits per heavy atom. The second-order valence-electron chi connectivity index (χ2n) is 5.87. The molecule has 0 amide bonds. The van der Waals surface area contributed by atoms with Gasteiger partial charge in [-0.1, -0.05) is 0 Å². The van der Waals surface area contributed by atoms with Gasteiger partial charge in [0, 0.05) is 11.1 Å². The van der Waals surface area contributed by atoms with Crippen LogP contribution >= 0.6 is 0 Å². The lowest BCUT2D eigenvalue weighted by molar-refractivity contribution is -0.116. The van der Waals surface area contributed by atoms with E-state index in [2.05, 4.69) is 0 Å². The molecule has 1 aliphatic heterocycles. The summed E-state index contributed by atoms with van der Waals surface area (Å²) in [5, 5.41) is 37.4. The summed E-state index contributed by atoms with van der Waals surface area (Å²) in [5.41, 5.74) is 1.37. The average molecular weight is 355 g/mol. The molecule has 7 heteroatoms. The fourth-order valence-electron chi connectivity index (χ4n) is 2.64. The SMILES string of the molecule is N#Cc1ccc(C(=O)c2ccc(O[C@@H]3O[C@@H](CO)[C@H](O)[C@H]3O)cc2)cc1. The molecule has 2 aromatic rings. The number of nitriles is 1. The summed E-state index contributed by atoms with van der Waals surface area (Å²) in [6, 6.07) is 14.5. The number of benzene rings is 2. The smallest absolute Gasteiger partial charge is 0.229 e. The molecule has 0 saturated carbocycles. The molecule has 0 aliphatic carbocycles. The molecule has 1 fully saturated rings. The second-order valence-corrected chi connectivity index (χ2v) is 5.87. The lowest BCUT2D eigenvalue weighted by Gasteiger charge is -2.16. The van der Waals surface area contributed by atoms with E-state index in [0.29, 0.717) is 22.4 Å². The monoisotopic (exact) mass is 355 g/mol. The van der Waals surface area contributed by atoms with Crippen molar-refractivity contribution in [3.63, 3.8) is 0 Å². The number of hydrogen-bond acceptors (Lipinski definition) is 7. The van der Waals surface area contributed by atoms with E-state index in [1.54, 1.807) is 48.5 Å². The summed E-state index contributed by atoms with van der Waals surface area (Å²) in [5.74, 6) is 0.144. The van der Waals surface area contributed by atoms with Gasteiger partial charge >= 0.3 is 0 Å². The minimum absolute atomic E-state index is 0.200. The van der Waals surface area contributed by atoms with E-state index in [4.69, 9.17) is 19.8 Å². The van der Waals surface area contributed by atoms with Crippen molar-refractivity contribution in [2.75, 3.05) is 6.61 Å². The van der Waals surface area contributed by atoms with Crippen LogP contribution in [0.15, 0.2) is 48.5 Å². The zero-order chi connectivity index (χ0) is 18.7. The summed E-state index contributed by atoms with van der Waals surface area (Å²) in [4.78, 5) is 12.4. The highest BCUT2D eigenvalue weighted by Gasteiger charge is 2.43. The van der Waals surface area contributed by atoms with Gasteiger partial charge in [0.2, 0.25) is 6.29 Å². The summed E-state index contributed by atoms with van der Waals surface area (Å²) in [7, 11) is 0. The first-order valence-corrected chi connectivity index (χ1v) is 7.97. The Morgan fingerprint density at radius 2 is 1.62 bits per heavy atom. The van der Waals surface area contributed by atoms with Crippen LogP contribution in [0.4, 0.5) is 0 Å². The fraction of sp³-hybridized carbons (Fsp3) is 0.263. The second kappa shape index (κ2) is 7.64. The molecule has 1 heterocycles. The summed E-state index contributed by atoms with van der Waals surface area (Å²) in [6.45, 7) is -0.434. The number of nitrogens with zero attached hydrogens (tertiary/aromatic N) is 1. The van der Waals surface area contributed by atoms with Gasteiger partial charge in [0.15, 0.2) is 5.78 Å². The third-order valence-corrected chi connectivity index (χ3v) is 4.14. The van der Waals surface area contributed by atoms with Gasteiger partial charge in [0.1, 0.15) is 24.1 Å². The molecule has 7 nitrogen and oxygen atoms in total. The van der Waals surface area contributed by atoms with Crippen LogP contribution < -0.4 is 4.74 Å². The number of carbonyl (C=O) groups excluding carboxylic acids is 1. The summed E-state index contributed by atoms with van der Waals surface area (Å²) in [6.07, 6.45) is -4.54. The molecular formula is C19H17NO6. The minimum atomic E-state index is -1.29. The van der Waals surface area contributed by atoms with Crippen LogP contribution in [0.2, 0.25) is 0 Å².